The number of amides is 1. The maximum atomic E-state index is 12.5. The molecule has 2 aromatic heterocycles. The number of aromatic amines is 1. The number of benzene rings is 2. The van der Waals surface area contributed by atoms with E-state index < -0.39 is 5.76 Å². The van der Waals surface area contributed by atoms with E-state index >= 15 is 0 Å². The highest BCUT2D eigenvalue weighted by molar-refractivity contribution is 6.11. The fourth-order valence-electron chi connectivity index (χ4n) is 2.66. The van der Waals surface area contributed by atoms with E-state index in [9.17, 15) is 9.59 Å². The van der Waals surface area contributed by atoms with E-state index in [0.29, 0.717) is 22.4 Å². The van der Waals surface area contributed by atoms with E-state index in [-0.39, 0.29) is 5.91 Å². The van der Waals surface area contributed by atoms with Gasteiger partial charge in [-0.05, 0) is 36.4 Å². The number of hydrogen-bond acceptors (Lipinski definition) is 3. The van der Waals surface area contributed by atoms with Gasteiger partial charge in [-0.1, -0.05) is 6.07 Å². The molecule has 0 spiro atoms. The molecule has 0 radical (unpaired) electrons. The molecule has 23 heavy (non-hydrogen) atoms. The molecular formula is C17H13N3O3. The zero-order chi connectivity index (χ0) is 16.0. The van der Waals surface area contributed by atoms with Gasteiger partial charge in [-0.3, -0.25) is 9.36 Å². The summed E-state index contributed by atoms with van der Waals surface area (Å²) in [5, 5.41) is 3.84. The summed E-state index contributed by atoms with van der Waals surface area (Å²) in [5.74, 6) is -0.811. The summed E-state index contributed by atoms with van der Waals surface area (Å²) in [6.07, 6.45) is 1.84. The third kappa shape index (κ3) is 2.12. The van der Waals surface area contributed by atoms with Gasteiger partial charge in [0.05, 0.1) is 11.1 Å². The Morgan fingerprint density at radius 2 is 2.09 bits per heavy atom. The largest absolute Gasteiger partial charge is 0.419 e. The summed E-state index contributed by atoms with van der Waals surface area (Å²) < 4.78 is 6.56. The zero-order valence-electron chi connectivity index (χ0n) is 12.3. The molecule has 0 bridgehead atoms. The van der Waals surface area contributed by atoms with Crippen LogP contribution in [0, 0.1) is 0 Å². The van der Waals surface area contributed by atoms with E-state index in [1.807, 2.05) is 30.5 Å². The van der Waals surface area contributed by atoms with Gasteiger partial charge in [0.15, 0.2) is 5.58 Å². The van der Waals surface area contributed by atoms with E-state index in [1.54, 1.807) is 25.2 Å². The first-order chi connectivity index (χ1) is 11.1. The topological polar surface area (TPSA) is 80.0 Å². The van der Waals surface area contributed by atoms with Crippen LogP contribution in [0.15, 0.2) is 57.9 Å². The molecule has 2 heterocycles. The van der Waals surface area contributed by atoms with Crippen molar-refractivity contribution in [3.8, 4) is 0 Å². The Kier molecular flexibility index (Phi) is 2.84. The van der Waals surface area contributed by atoms with Gasteiger partial charge in [0, 0.05) is 29.8 Å². The van der Waals surface area contributed by atoms with Crippen molar-refractivity contribution in [2.24, 2.45) is 7.05 Å². The molecule has 0 aliphatic heterocycles. The number of carbonyl (C=O) groups is 1. The summed E-state index contributed by atoms with van der Waals surface area (Å²) in [6.45, 7) is 0. The van der Waals surface area contributed by atoms with Crippen molar-refractivity contribution in [2.75, 3.05) is 5.32 Å². The lowest BCUT2D eigenvalue weighted by molar-refractivity contribution is 0.102. The van der Waals surface area contributed by atoms with Crippen LogP contribution in [-0.4, -0.2) is 15.5 Å². The number of fused-ring (bicyclic) bond motifs is 2. The Bertz CT molecular complexity index is 1100. The average molecular weight is 307 g/mol. The number of aromatic nitrogens is 2. The van der Waals surface area contributed by atoms with Gasteiger partial charge in [0.25, 0.3) is 5.91 Å². The number of oxazole rings is 1. The SMILES string of the molecule is Cn1c(=O)oc2c(C(=O)Nc3ccc4[nH]ccc4c3)cccc21. The molecule has 2 aromatic carbocycles. The van der Waals surface area contributed by atoms with Crippen molar-refractivity contribution in [3.05, 3.63) is 64.8 Å². The maximum absolute atomic E-state index is 12.5. The number of aryl methyl sites for hydroxylation is 1. The third-order valence-electron chi connectivity index (χ3n) is 3.87. The molecule has 4 rings (SSSR count). The van der Waals surface area contributed by atoms with E-state index in [0.717, 1.165) is 10.9 Å². The fourth-order valence-corrected chi connectivity index (χ4v) is 2.66. The molecule has 0 atom stereocenters. The van der Waals surface area contributed by atoms with E-state index in [2.05, 4.69) is 10.3 Å². The standard InChI is InChI=1S/C17H13N3O3/c1-20-14-4-2-3-12(15(14)23-17(20)22)16(21)19-11-5-6-13-10(9-11)7-8-18-13/h2-9,18H,1H3,(H,19,21). The van der Waals surface area contributed by atoms with Crippen LogP contribution in [0.3, 0.4) is 0 Å². The van der Waals surface area contributed by atoms with Crippen LogP contribution in [0.2, 0.25) is 0 Å². The molecule has 0 fully saturated rings. The lowest BCUT2D eigenvalue weighted by Gasteiger charge is -2.06. The second kappa shape index (κ2) is 4.88. The minimum atomic E-state index is -0.492. The minimum absolute atomic E-state index is 0.292. The van der Waals surface area contributed by atoms with Crippen LogP contribution in [0.25, 0.3) is 22.0 Å². The minimum Gasteiger partial charge on any atom is -0.407 e. The van der Waals surface area contributed by atoms with Crippen molar-refractivity contribution in [1.82, 2.24) is 9.55 Å². The van der Waals surface area contributed by atoms with Crippen molar-refractivity contribution in [1.29, 1.82) is 0 Å². The smallest absolute Gasteiger partial charge is 0.407 e. The van der Waals surface area contributed by atoms with Crippen molar-refractivity contribution in [3.63, 3.8) is 0 Å². The highest BCUT2D eigenvalue weighted by Crippen LogP contribution is 2.21. The number of nitrogens with one attached hydrogen (secondary N) is 2. The van der Waals surface area contributed by atoms with Crippen LogP contribution in [0.4, 0.5) is 5.69 Å². The Labute approximate surface area is 130 Å². The predicted molar refractivity (Wildman–Crippen MR) is 87.7 cm³/mol. The molecule has 6 heteroatoms. The van der Waals surface area contributed by atoms with Crippen molar-refractivity contribution >= 4 is 33.6 Å². The zero-order valence-corrected chi connectivity index (χ0v) is 12.3. The molecule has 0 aliphatic carbocycles. The first-order valence-corrected chi connectivity index (χ1v) is 7.10. The predicted octanol–water partition coefficient (Wildman–Crippen LogP) is 2.87. The second-order valence-electron chi connectivity index (χ2n) is 5.31. The van der Waals surface area contributed by atoms with Gasteiger partial charge in [-0.25, -0.2) is 4.79 Å². The molecule has 0 saturated heterocycles. The number of para-hydroxylation sites is 1. The number of carbonyl (C=O) groups excluding carboxylic acids is 1. The van der Waals surface area contributed by atoms with Gasteiger partial charge in [-0.2, -0.15) is 0 Å². The highest BCUT2D eigenvalue weighted by Gasteiger charge is 2.16. The summed E-state index contributed by atoms with van der Waals surface area (Å²) in [7, 11) is 1.61. The molecule has 6 nitrogen and oxygen atoms in total. The fraction of sp³-hybridized carbons (Fsp3) is 0.0588. The average Bonchev–Trinajstić information content (AvgIpc) is 3.12. The van der Waals surface area contributed by atoms with Gasteiger partial charge in [0.1, 0.15) is 0 Å². The van der Waals surface area contributed by atoms with Crippen LogP contribution in [-0.2, 0) is 7.05 Å². The summed E-state index contributed by atoms with van der Waals surface area (Å²) in [6, 6.07) is 12.6. The highest BCUT2D eigenvalue weighted by atomic mass is 16.4. The van der Waals surface area contributed by atoms with Gasteiger partial charge < -0.3 is 14.7 Å². The van der Waals surface area contributed by atoms with Gasteiger partial charge >= 0.3 is 5.76 Å². The van der Waals surface area contributed by atoms with Gasteiger partial charge in [0.2, 0.25) is 0 Å². The number of anilines is 1. The lowest BCUT2D eigenvalue weighted by Crippen LogP contribution is -2.12. The number of nitrogens with zero attached hydrogens (tertiary/aromatic N) is 1. The normalized spacial score (nSPS) is 11.2. The van der Waals surface area contributed by atoms with Gasteiger partial charge in [-0.15, -0.1) is 0 Å². The number of rotatable bonds is 2. The Balaban J connectivity index is 1.74. The van der Waals surface area contributed by atoms with Crippen molar-refractivity contribution < 1.29 is 9.21 Å². The van der Waals surface area contributed by atoms with Crippen LogP contribution >= 0.6 is 0 Å². The van der Waals surface area contributed by atoms with Crippen LogP contribution in [0.5, 0.6) is 0 Å². The lowest BCUT2D eigenvalue weighted by atomic mass is 10.1. The summed E-state index contributed by atoms with van der Waals surface area (Å²) >= 11 is 0. The molecule has 0 aliphatic rings. The summed E-state index contributed by atoms with van der Waals surface area (Å²) in [5.41, 5.74) is 2.88. The number of H-pyrrole nitrogens is 1. The van der Waals surface area contributed by atoms with Crippen LogP contribution in [0.1, 0.15) is 10.4 Å². The van der Waals surface area contributed by atoms with Crippen LogP contribution < -0.4 is 11.1 Å². The monoisotopic (exact) mass is 307 g/mol. The third-order valence-corrected chi connectivity index (χ3v) is 3.87. The molecule has 1 amide bonds. The number of hydrogen-bond donors (Lipinski definition) is 2. The molecule has 4 aromatic rings. The molecule has 0 unspecified atom stereocenters. The first kappa shape index (κ1) is 13.4. The first-order valence-electron chi connectivity index (χ1n) is 7.10. The molecule has 0 saturated carbocycles. The quantitative estimate of drug-likeness (QED) is 0.597. The molecular weight excluding hydrogens is 294 g/mol. The Morgan fingerprint density at radius 1 is 1.22 bits per heavy atom. The van der Waals surface area contributed by atoms with E-state index in [1.165, 1.54) is 4.57 Å². The van der Waals surface area contributed by atoms with E-state index in [4.69, 9.17) is 4.42 Å². The summed E-state index contributed by atoms with van der Waals surface area (Å²) in [4.78, 5) is 27.3. The Morgan fingerprint density at radius 3 is 2.96 bits per heavy atom. The maximum Gasteiger partial charge on any atom is 0.419 e. The Hall–Kier alpha value is -3.28. The molecule has 114 valence electrons. The molecule has 2 N–H and O–H groups in total. The van der Waals surface area contributed by atoms with Crippen molar-refractivity contribution in [2.45, 2.75) is 0 Å². The second-order valence-corrected chi connectivity index (χ2v) is 5.31.